The highest BCUT2D eigenvalue weighted by molar-refractivity contribution is 8.00. The van der Waals surface area contributed by atoms with E-state index in [1.807, 2.05) is 0 Å². The second-order valence-electron chi connectivity index (χ2n) is 7.49. The van der Waals surface area contributed by atoms with Crippen molar-refractivity contribution in [2.75, 3.05) is 24.7 Å². The van der Waals surface area contributed by atoms with Gasteiger partial charge in [-0.25, -0.2) is 9.78 Å². The van der Waals surface area contributed by atoms with Crippen molar-refractivity contribution >= 4 is 46.0 Å². The molecule has 1 fully saturated rings. The summed E-state index contributed by atoms with van der Waals surface area (Å²) in [5.74, 6) is -2.92. The number of aromatic nitrogens is 1. The van der Waals surface area contributed by atoms with E-state index in [0.29, 0.717) is 17.3 Å². The predicted octanol–water partition coefficient (Wildman–Crippen LogP) is 3.50. The topological polar surface area (TPSA) is 101 Å². The number of alkyl halides is 3. The average Bonchev–Trinajstić information content (AvgIpc) is 3.24. The minimum atomic E-state index is -5.09. The first-order chi connectivity index (χ1) is 13.8. The lowest BCUT2D eigenvalue weighted by Crippen LogP contribution is -2.45. The van der Waals surface area contributed by atoms with Crippen LogP contribution in [-0.2, 0) is 9.53 Å². The molecule has 30 heavy (non-hydrogen) atoms. The van der Waals surface area contributed by atoms with Crippen molar-refractivity contribution in [1.29, 1.82) is 0 Å². The van der Waals surface area contributed by atoms with Crippen LogP contribution >= 0.6 is 23.1 Å². The maximum atomic E-state index is 12.6. The molecule has 13 heteroatoms. The molecule has 0 spiro atoms. The number of amides is 3. The van der Waals surface area contributed by atoms with Crippen molar-refractivity contribution in [2.24, 2.45) is 0 Å². The zero-order chi connectivity index (χ0) is 22.7. The van der Waals surface area contributed by atoms with E-state index in [1.54, 1.807) is 32.3 Å². The first-order valence-electron chi connectivity index (χ1n) is 9.02. The molecule has 2 rings (SSSR count). The molecule has 1 aliphatic rings. The van der Waals surface area contributed by atoms with Gasteiger partial charge in [-0.05, 0) is 39.9 Å². The number of carbonyl (C=O) groups is 3. The molecule has 2 N–H and O–H groups in total. The molecule has 1 aromatic rings. The summed E-state index contributed by atoms with van der Waals surface area (Å²) in [7, 11) is 0. The van der Waals surface area contributed by atoms with E-state index in [-0.39, 0.29) is 23.3 Å². The summed E-state index contributed by atoms with van der Waals surface area (Å²) in [4.78, 5) is 41.6. The third-order valence-electron chi connectivity index (χ3n) is 3.99. The Bertz CT molecular complexity index is 808. The lowest BCUT2D eigenvalue weighted by Gasteiger charge is -2.28. The van der Waals surface area contributed by atoms with E-state index < -0.39 is 29.7 Å². The number of hydrogen-bond donors (Lipinski definition) is 2. The van der Waals surface area contributed by atoms with E-state index in [1.165, 1.54) is 4.90 Å². The number of hydrogen-bond acceptors (Lipinski definition) is 7. The van der Waals surface area contributed by atoms with Gasteiger partial charge in [-0.15, -0.1) is 0 Å². The third kappa shape index (κ3) is 6.49. The number of likely N-dealkylation sites (tertiary alicyclic amines) is 1. The van der Waals surface area contributed by atoms with E-state index >= 15 is 0 Å². The van der Waals surface area contributed by atoms with Crippen molar-refractivity contribution in [3.05, 3.63) is 5.69 Å². The summed E-state index contributed by atoms with van der Waals surface area (Å²) in [6.07, 6.45) is -2.55. The Morgan fingerprint density at radius 2 is 1.97 bits per heavy atom. The van der Waals surface area contributed by atoms with Crippen LogP contribution in [0.2, 0.25) is 0 Å². The molecule has 2 heterocycles. The van der Waals surface area contributed by atoms with Crippen molar-refractivity contribution in [1.82, 2.24) is 15.2 Å². The van der Waals surface area contributed by atoms with Crippen LogP contribution in [0.15, 0.2) is 4.34 Å². The summed E-state index contributed by atoms with van der Waals surface area (Å²) in [5.41, 5.74) is -0.961. The number of rotatable bonds is 5. The van der Waals surface area contributed by atoms with Crippen LogP contribution in [0.25, 0.3) is 0 Å². The van der Waals surface area contributed by atoms with E-state index in [9.17, 15) is 27.6 Å². The van der Waals surface area contributed by atoms with Crippen LogP contribution in [0.3, 0.4) is 0 Å². The first-order valence-corrected chi connectivity index (χ1v) is 11.1. The highest BCUT2D eigenvalue weighted by Crippen LogP contribution is 2.32. The molecular weight excluding hydrogens is 445 g/mol. The van der Waals surface area contributed by atoms with Crippen molar-refractivity contribution in [3.63, 3.8) is 0 Å². The highest BCUT2D eigenvalue weighted by atomic mass is 32.2. The maximum absolute atomic E-state index is 12.6. The molecule has 8 nitrogen and oxygen atoms in total. The molecule has 168 valence electrons. The van der Waals surface area contributed by atoms with E-state index in [2.05, 4.69) is 10.3 Å². The zero-order valence-electron chi connectivity index (χ0n) is 16.9. The highest BCUT2D eigenvalue weighted by Gasteiger charge is 2.40. The lowest BCUT2D eigenvalue weighted by atomic mass is 10.2. The van der Waals surface area contributed by atoms with Gasteiger partial charge in [0.25, 0.3) is 5.91 Å². The summed E-state index contributed by atoms with van der Waals surface area (Å²) >= 11 is 1.91. The monoisotopic (exact) mass is 468 g/mol. The van der Waals surface area contributed by atoms with Crippen molar-refractivity contribution in [2.45, 2.75) is 55.8 Å². The molecule has 0 aliphatic carbocycles. The van der Waals surface area contributed by atoms with Gasteiger partial charge in [0.1, 0.15) is 10.6 Å². The van der Waals surface area contributed by atoms with Gasteiger partial charge in [0.2, 0.25) is 0 Å². The molecule has 0 radical (unpaired) electrons. The summed E-state index contributed by atoms with van der Waals surface area (Å²) in [5, 5.41) is 4.01. The molecule has 1 saturated heterocycles. The molecule has 0 aromatic carbocycles. The number of ether oxygens (including phenoxy) is 1. The van der Waals surface area contributed by atoms with Crippen molar-refractivity contribution in [3.8, 4) is 0 Å². The van der Waals surface area contributed by atoms with Crippen LogP contribution in [0.4, 0.5) is 23.0 Å². The smallest absolute Gasteiger partial charge is 0.444 e. The normalized spacial score (nSPS) is 17.0. The summed E-state index contributed by atoms with van der Waals surface area (Å²) in [6.45, 7) is 5.81. The van der Waals surface area contributed by atoms with Gasteiger partial charge < -0.3 is 20.3 Å². The SMILES string of the molecule is CSc1nc(C(=O)NC[C@@H]2CCCN2C(=O)OC(C)(C)C)c(NC(=O)C(F)(F)F)s1. The number of nitrogens with one attached hydrogen (secondary N) is 2. The Kier molecular flexibility index (Phi) is 7.61. The van der Waals surface area contributed by atoms with Crippen LogP contribution in [0.5, 0.6) is 0 Å². The fraction of sp³-hybridized carbons (Fsp3) is 0.647. The average molecular weight is 469 g/mol. The third-order valence-corrected chi connectivity index (χ3v) is 5.94. The van der Waals surface area contributed by atoms with Crippen LogP contribution < -0.4 is 10.6 Å². The fourth-order valence-electron chi connectivity index (χ4n) is 2.70. The van der Waals surface area contributed by atoms with Gasteiger partial charge in [0, 0.05) is 13.1 Å². The number of thioether (sulfide) groups is 1. The van der Waals surface area contributed by atoms with Crippen molar-refractivity contribution < 1.29 is 32.3 Å². The molecular formula is C17H23F3N4O4S2. The lowest BCUT2D eigenvalue weighted by molar-refractivity contribution is -0.167. The Balaban J connectivity index is 2.06. The van der Waals surface area contributed by atoms with Gasteiger partial charge in [0.15, 0.2) is 10.0 Å². The van der Waals surface area contributed by atoms with Gasteiger partial charge >= 0.3 is 18.2 Å². The fourth-order valence-corrected chi connectivity index (χ4v) is 4.16. The second kappa shape index (κ2) is 9.41. The minimum Gasteiger partial charge on any atom is -0.444 e. The van der Waals surface area contributed by atoms with Crippen LogP contribution in [0, 0.1) is 0 Å². The zero-order valence-corrected chi connectivity index (χ0v) is 18.5. The molecule has 0 saturated carbocycles. The maximum Gasteiger partial charge on any atom is 0.471 e. The largest absolute Gasteiger partial charge is 0.471 e. The number of halogens is 3. The Morgan fingerprint density at radius 3 is 2.53 bits per heavy atom. The van der Waals surface area contributed by atoms with Crippen LogP contribution in [-0.4, -0.2) is 65.0 Å². The molecule has 0 unspecified atom stereocenters. The van der Waals surface area contributed by atoms with E-state index in [4.69, 9.17) is 4.74 Å². The van der Waals surface area contributed by atoms with Gasteiger partial charge in [-0.3, -0.25) is 9.59 Å². The van der Waals surface area contributed by atoms with Crippen LogP contribution in [0.1, 0.15) is 44.1 Å². The molecule has 1 aromatic heterocycles. The summed E-state index contributed by atoms with van der Waals surface area (Å²) < 4.78 is 43.4. The van der Waals surface area contributed by atoms with E-state index in [0.717, 1.165) is 29.5 Å². The predicted molar refractivity (Wildman–Crippen MR) is 107 cm³/mol. The second-order valence-corrected chi connectivity index (χ2v) is 9.55. The Labute approximate surface area is 179 Å². The number of anilines is 1. The Morgan fingerprint density at radius 1 is 1.30 bits per heavy atom. The minimum absolute atomic E-state index is 0.0802. The number of carbonyl (C=O) groups excluding carboxylic acids is 3. The Hall–Kier alpha value is -2.02. The van der Waals surface area contributed by atoms with Gasteiger partial charge in [-0.2, -0.15) is 13.2 Å². The standard InChI is InChI=1S/C17H23F3N4O4S2/c1-16(2,3)28-15(27)24-7-5-6-9(24)8-21-11(25)10-12(30-14(22-10)29-4)23-13(26)17(18,19)20/h9H,5-8H2,1-4H3,(H,21,25)(H,23,26)/t9-/m0/s1. The van der Waals surface area contributed by atoms with Gasteiger partial charge in [0.05, 0.1) is 6.04 Å². The molecule has 1 aliphatic heterocycles. The molecule has 0 bridgehead atoms. The number of thiazole rings is 1. The quantitative estimate of drug-likeness (QED) is 0.642. The number of nitrogens with zero attached hydrogens (tertiary/aromatic N) is 2. The molecule has 1 atom stereocenters. The first kappa shape index (κ1) is 24.3. The van der Waals surface area contributed by atoms with Gasteiger partial charge in [-0.1, -0.05) is 23.1 Å². The summed E-state index contributed by atoms with van der Waals surface area (Å²) in [6, 6.07) is -0.310. The molecule has 3 amide bonds.